The summed E-state index contributed by atoms with van der Waals surface area (Å²) in [4.78, 5) is 9.22. The zero-order valence-electron chi connectivity index (χ0n) is 8.68. The van der Waals surface area contributed by atoms with Gasteiger partial charge in [-0.15, -0.1) is 0 Å². The quantitative estimate of drug-likeness (QED) is 0.476. The number of nitro groups is 1. The van der Waals surface area contributed by atoms with Crippen LogP contribution in [-0.2, 0) is 15.5 Å². The van der Waals surface area contributed by atoms with Gasteiger partial charge in [-0.25, -0.2) is 8.42 Å². The van der Waals surface area contributed by atoms with Crippen molar-refractivity contribution < 1.29 is 13.3 Å². The molecular formula is C9H7ClN2O4S. The van der Waals surface area contributed by atoms with Crippen LogP contribution in [-0.4, -0.2) is 13.3 Å². The highest BCUT2D eigenvalue weighted by Gasteiger charge is 2.28. The van der Waals surface area contributed by atoms with Crippen molar-refractivity contribution in [2.75, 3.05) is 0 Å². The third-order valence-electron chi connectivity index (χ3n) is 2.11. The fourth-order valence-corrected chi connectivity index (χ4v) is 2.39. The molecule has 0 saturated carbocycles. The lowest BCUT2D eigenvalue weighted by Crippen LogP contribution is -2.03. The summed E-state index contributed by atoms with van der Waals surface area (Å²) in [5.74, 6) is 0. The van der Waals surface area contributed by atoms with Crippen LogP contribution in [0.4, 0.5) is 5.69 Å². The molecule has 0 unspecified atom stereocenters. The normalized spacial score (nSPS) is 10.9. The Kier molecular flexibility index (Phi) is 3.70. The first-order valence-electron chi connectivity index (χ1n) is 4.47. The third kappa shape index (κ3) is 2.72. The number of nitriles is 1. The van der Waals surface area contributed by atoms with Crippen LogP contribution in [0.2, 0.25) is 0 Å². The number of hydrogen-bond donors (Lipinski definition) is 0. The SMILES string of the molecule is CCc1cc(C#N)c([N+](=O)[O-])c(S(=O)(=O)Cl)c1. The summed E-state index contributed by atoms with van der Waals surface area (Å²) in [6.07, 6.45) is 0.437. The zero-order valence-corrected chi connectivity index (χ0v) is 10.2. The van der Waals surface area contributed by atoms with Gasteiger partial charge in [-0.3, -0.25) is 10.1 Å². The van der Waals surface area contributed by atoms with Crippen LogP contribution in [0.1, 0.15) is 18.1 Å². The Bertz CT molecular complexity index is 619. The Hall–Kier alpha value is -1.65. The van der Waals surface area contributed by atoms with E-state index < -0.39 is 24.6 Å². The smallest absolute Gasteiger partial charge is 0.258 e. The van der Waals surface area contributed by atoms with Crippen molar-refractivity contribution in [1.29, 1.82) is 5.26 Å². The molecule has 0 aliphatic carbocycles. The van der Waals surface area contributed by atoms with Crippen molar-refractivity contribution in [2.45, 2.75) is 18.2 Å². The second-order valence-electron chi connectivity index (χ2n) is 3.15. The van der Waals surface area contributed by atoms with Gasteiger partial charge in [0.05, 0.1) is 4.92 Å². The van der Waals surface area contributed by atoms with Crippen LogP contribution in [0.25, 0.3) is 0 Å². The summed E-state index contributed by atoms with van der Waals surface area (Å²) in [7, 11) is 0.860. The molecule has 1 aromatic carbocycles. The van der Waals surface area contributed by atoms with Crippen molar-refractivity contribution in [2.24, 2.45) is 0 Å². The largest absolute Gasteiger partial charge is 0.306 e. The predicted octanol–water partition coefficient (Wildman–Crippen LogP) is 1.96. The average Bonchev–Trinajstić information content (AvgIpc) is 2.25. The van der Waals surface area contributed by atoms with Crippen LogP contribution >= 0.6 is 10.7 Å². The molecule has 0 aliphatic rings. The van der Waals surface area contributed by atoms with Gasteiger partial charge in [0.1, 0.15) is 11.6 Å². The molecule has 0 saturated heterocycles. The first-order chi connectivity index (χ1) is 7.81. The number of nitrogens with zero attached hydrogens (tertiary/aromatic N) is 2. The van der Waals surface area contributed by atoms with Crippen LogP contribution < -0.4 is 0 Å². The number of nitro benzene ring substituents is 1. The maximum Gasteiger partial charge on any atom is 0.306 e. The van der Waals surface area contributed by atoms with Gasteiger partial charge >= 0.3 is 5.69 Å². The van der Waals surface area contributed by atoms with E-state index in [9.17, 15) is 18.5 Å². The molecule has 0 amide bonds. The van der Waals surface area contributed by atoms with Crippen molar-refractivity contribution in [1.82, 2.24) is 0 Å². The number of aryl methyl sites for hydroxylation is 1. The molecule has 0 spiro atoms. The van der Waals surface area contributed by atoms with Gasteiger partial charge in [0.15, 0.2) is 4.90 Å². The molecule has 0 radical (unpaired) electrons. The van der Waals surface area contributed by atoms with Crippen LogP contribution in [0.5, 0.6) is 0 Å². The molecule has 0 bridgehead atoms. The van der Waals surface area contributed by atoms with Gasteiger partial charge in [0.25, 0.3) is 9.05 Å². The summed E-state index contributed by atoms with van der Waals surface area (Å²) in [6, 6.07) is 3.99. The maximum atomic E-state index is 11.2. The average molecular weight is 275 g/mol. The summed E-state index contributed by atoms with van der Waals surface area (Å²) < 4.78 is 22.5. The van der Waals surface area contributed by atoms with Crippen LogP contribution in [0.3, 0.4) is 0 Å². The fraction of sp³-hybridized carbons (Fsp3) is 0.222. The van der Waals surface area contributed by atoms with E-state index in [0.29, 0.717) is 12.0 Å². The molecule has 1 aromatic rings. The molecule has 1 rings (SSSR count). The molecule has 6 nitrogen and oxygen atoms in total. The monoisotopic (exact) mass is 274 g/mol. The second-order valence-corrected chi connectivity index (χ2v) is 5.68. The predicted molar refractivity (Wildman–Crippen MR) is 60.2 cm³/mol. The molecule has 0 heterocycles. The lowest BCUT2D eigenvalue weighted by atomic mass is 10.1. The number of hydrogen-bond acceptors (Lipinski definition) is 5. The highest BCUT2D eigenvalue weighted by molar-refractivity contribution is 8.13. The molecule has 0 N–H and O–H groups in total. The Morgan fingerprint density at radius 3 is 2.47 bits per heavy atom. The molecule has 0 atom stereocenters. The zero-order chi connectivity index (χ0) is 13.2. The van der Waals surface area contributed by atoms with Gasteiger partial charge in [0.2, 0.25) is 0 Å². The minimum absolute atomic E-state index is 0.312. The summed E-state index contributed by atoms with van der Waals surface area (Å²) in [5.41, 5.74) is -0.598. The summed E-state index contributed by atoms with van der Waals surface area (Å²) in [5, 5.41) is 19.6. The van der Waals surface area contributed by atoms with E-state index in [2.05, 4.69) is 0 Å². The standard InChI is InChI=1S/C9H7ClN2O4S/c1-2-6-3-7(5-11)9(12(13)14)8(4-6)17(10,15)16/h3-4H,2H2,1H3. The van der Waals surface area contributed by atoms with Crippen molar-refractivity contribution in [3.8, 4) is 6.07 Å². The maximum absolute atomic E-state index is 11.2. The topological polar surface area (TPSA) is 101 Å². The van der Waals surface area contributed by atoms with Crippen molar-refractivity contribution in [3.05, 3.63) is 33.4 Å². The molecule has 90 valence electrons. The van der Waals surface area contributed by atoms with E-state index in [1.807, 2.05) is 0 Å². The Labute approximate surface area is 102 Å². The van der Waals surface area contributed by atoms with Crippen molar-refractivity contribution >= 4 is 25.4 Å². The number of halogens is 1. The van der Waals surface area contributed by atoms with E-state index in [1.54, 1.807) is 13.0 Å². The molecule has 8 heteroatoms. The Morgan fingerprint density at radius 2 is 2.12 bits per heavy atom. The molecule has 17 heavy (non-hydrogen) atoms. The lowest BCUT2D eigenvalue weighted by molar-refractivity contribution is -0.388. The minimum Gasteiger partial charge on any atom is -0.258 e. The molecule has 0 fully saturated rings. The summed E-state index contributed by atoms with van der Waals surface area (Å²) >= 11 is 0. The minimum atomic E-state index is -4.26. The van der Waals surface area contributed by atoms with Crippen LogP contribution in [0.15, 0.2) is 17.0 Å². The van der Waals surface area contributed by atoms with E-state index >= 15 is 0 Å². The van der Waals surface area contributed by atoms with Crippen LogP contribution in [0, 0.1) is 21.4 Å². The van der Waals surface area contributed by atoms with Gasteiger partial charge in [0, 0.05) is 10.7 Å². The highest BCUT2D eigenvalue weighted by Crippen LogP contribution is 2.31. The first kappa shape index (κ1) is 13.4. The Balaban J connectivity index is 3.79. The fourth-order valence-electron chi connectivity index (χ4n) is 1.33. The third-order valence-corrected chi connectivity index (χ3v) is 3.44. The van der Waals surface area contributed by atoms with E-state index in [0.717, 1.165) is 6.07 Å². The Morgan fingerprint density at radius 1 is 1.53 bits per heavy atom. The summed E-state index contributed by atoms with van der Waals surface area (Å²) in [6.45, 7) is 1.73. The van der Waals surface area contributed by atoms with Gasteiger partial charge in [-0.2, -0.15) is 5.26 Å². The van der Waals surface area contributed by atoms with E-state index in [1.165, 1.54) is 6.07 Å². The lowest BCUT2D eigenvalue weighted by Gasteiger charge is -2.04. The van der Waals surface area contributed by atoms with Gasteiger partial charge in [-0.1, -0.05) is 6.92 Å². The second kappa shape index (κ2) is 4.69. The first-order valence-corrected chi connectivity index (χ1v) is 6.78. The van der Waals surface area contributed by atoms with E-state index in [-0.39, 0.29) is 5.56 Å². The van der Waals surface area contributed by atoms with E-state index in [4.69, 9.17) is 15.9 Å². The molecule has 0 aromatic heterocycles. The van der Waals surface area contributed by atoms with Gasteiger partial charge in [-0.05, 0) is 24.1 Å². The molecule has 0 aliphatic heterocycles. The van der Waals surface area contributed by atoms with Gasteiger partial charge < -0.3 is 0 Å². The number of benzene rings is 1. The van der Waals surface area contributed by atoms with Crippen molar-refractivity contribution in [3.63, 3.8) is 0 Å². The number of rotatable bonds is 3. The molecular weight excluding hydrogens is 268 g/mol. The highest BCUT2D eigenvalue weighted by atomic mass is 35.7.